The number of hydrogen-bond acceptors (Lipinski definition) is 4. The largest absolute Gasteiger partial charge is 0.354 e. The van der Waals surface area contributed by atoms with Gasteiger partial charge in [0.05, 0.1) is 5.52 Å². The van der Waals surface area contributed by atoms with Crippen LogP contribution in [0.5, 0.6) is 0 Å². The first kappa shape index (κ1) is 18.6. The van der Waals surface area contributed by atoms with Crippen LogP contribution in [0.1, 0.15) is 39.2 Å². The van der Waals surface area contributed by atoms with E-state index in [9.17, 15) is 4.39 Å². The van der Waals surface area contributed by atoms with Crippen molar-refractivity contribution in [2.45, 2.75) is 52.1 Å². The van der Waals surface area contributed by atoms with Gasteiger partial charge < -0.3 is 10.2 Å². The molecule has 1 aliphatic heterocycles. The minimum atomic E-state index is -0.139. The van der Waals surface area contributed by atoms with Crippen molar-refractivity contribution in [3.05, 3.63) is 41.8 Å². The summed E-state index contributed by atoms with van der Waals surface area (Å²) in [7, 11) is 0. The number of nitrogens with zero attached hydrogens (tertiary/aromatic N) is 3. The van der Waals surface area contributed by atoms with Crippen LogP contribution in [0.4, 0.5) is 10.2 Å². The van der Waals surface area contributed by atoms with E-state index in [1.165, 1.54) is 12.8 Å². The number of aromatic amines is 1. The number of fused-ring (bicyclic) bond motifs is 1. The first-order valence-corrected chi connectivity index (χ1v) is 10.5. The average molecular weight is 394 g/mol. The number of H-pyrrole nitrogens is 1. The van der Waals surface area contributed by atoms with Gasteiger partial charge in [0.15, 0.2) is 0 Å². The van der Waals surface area contributed by atoms with Crippen molar-refractivity contribution in [3.8, 4) is 11.3 Å². The second-order valence-corrected chi connectivity index (χ2v) is 9.33. The molecule has 3 aromatic rings. The topological polar surface area (TPSA) is 56.8 Å². The minimum Gasteiger partial charge on any atom is -0.354 e. The van der Waals surface area contributed by atoms with Crippen LogP contribution in [0.3, 0.4) is 0 Å². The van der Waals surface area contributed by atoms with Gasteiger partial charge in [0.2, 0.25) is 0 Å². The standard InChI is InChI=1S/C23H28FN5/c1-14-12-29(13-15(2)26-14)21-9-16(4-7-25-21)22-18-8-17(11-23(3)5-6-23)19(24)10-20(18)27-28-22/h4,7-10,14-15,26H,5-6,11-13H2,1-3H3,(H,27,28). The van der Waals surface area contributed by atoms with E-state index in [1.807, 2.05) is 18.3 Å². The Balaban J connectivity index is 1.51. The molecule has 2 aromatic heterocycles. The fraction of sp³-hybridized carbons (Fsp3) is 0.478. The third-order valence-electron chi connectivity index (χ3n) is 6.35. The van der Waals surface area contributed by atoms with Gasteiger partial charge in [0.25, 0.3) is 0 Å². The lowest BCUT2D eigenvalue weighted by Crippen LogP contribution is -2.54. The summed E-state index contributed by atoms with van der Waals surface area (Å²) in [4.78, 5) is 6.93. The van der Waals surface area contributed by atoms with Crippen molar-refractivity contribution in [2.75, 3.05) is 18.0 Å². The summed E-state index contributed by atoms with van der Waals surface area (Å²) in [5.74, 6) is 0.826. The Morgan fingerprint density at radius 3 is 2.66 bits per heavy atom. The van der Waals surface area contributed by atoms with Crippen LogP contribution in [0.2, 0.25) is 0 Å². The quantitative estimate of drug-likeness (QED) is 0.694. The average Bonchev–Trinajstić information content (AvgIpc) is 3.27. The highest BCUT2D eigenvalue weighted by Crippen LogP contribution is 2.48. The molecule has 6 heteroatoms. The van der Waals surface area contributed by atoms with Gasteiger partial charge >= 0.3 is 0 Å². The molecule has 1 saturated carbocycles. The van der Waals surface area contributed by atoms with Crippen molar-refractivity contribution >= 4 is 16.7 Å². The normalized spacial score (nSPS) is 23.5. The van der Waals surface area contributed by atoms with Gasteiger partial charge in [-0.2, -0.15) is 5.10 Å². The molecule has 1 aliphatic carbocycles. The summed E-state index contributed by atoms with van der Waals surface area (Å²) >= 11 is 0. The Labute approximate surface area is 170 Å². The second-order valence-electron chi connectivity index (χ2n) is 9.33. The monoisotopic (exact) mass is 393 g/mol. The van der Waals surface area contributed by atoms with Gasteiger partial charge in [-0.15, -0.1) is 0 Å². The summed E-state index contributed by atoms with van der Waals surface area (Å²) in [5.41, 5.74) is 3.67. The first-order chi connectivity index (χ1) is 13.9. The zero-order valence-corrected chi connectivity index (χ0v) is 17.3. The molecule has 0 amide bonds. The number of aromatic nitrogens is 3. The molecule has 2 aliphatic rings. The number of piperazine rings is 1. The maximum atomic E-state index is 14.6. The summed E-state index contributed by atoms with van der Waals surface area (Å²) < 4.78 is 14.6. The van der Waals surface area contributed by atoms with Crippen LogP contribution in [0.15, 0.2) is 30.5 Å². The molecule has 0 bridgehead atoms. The van der Waals surface area contributed by atoms with Crippen LogP contribution in [0, 0.1) is 11.2 Å². The molecule has 1 saturated heterocycles. The van der Waals surface area contributed by atoms with Crippen LogP contribution in [-0.2, 0) is 6.42 Å². The lowest BCUT2D eigenvalue weighted by Gasteiger charge is -2.37. The first-order valence-electron chi connectivity index (χ1n) is 10.5. The molecule has 3 heterocycles. The molecule has 2 N–H and O–H groups in total. The van der Waals surface area contributed by atoms with Crippen LogP contribution in [-0.4, -0.2) is 40.4 Å². The van der Waals surface area contributed by atoms with Gasteiger partial charge in [-0.05, 0) is 68.4 Å². The van der Waals surface area contributed by atoms with Crippen LogP contribution in [0.25, 0.3) is 22.2 Å². The Kier molecular flexibility index (Phi) is 4.35. The number of hydrogen-bond donors (Lipinski definition) is 2. The van der Waals surface area contributed by atoms with Crippen molar-refractivity contribution in [1.82, 2.24) is 20.5 Å². The van der Waals surface area contributed by atoms with E-state index < -0.39 is 0 Å². The number of anilines is 1. The highest BCUT2D eigenvalue weighted by atomic mass is 19.1. The van der Waals surface area contributed by atoms with E-state index in [0.717, 1.165) is 53.1 Å². The van der Waals surface area contributed by atoms with Crippen molar-refractivity contribution in [1.29, 1.82) is 0 Å². The van der Waals surface area contributed by atoms with E-state index in [2.05, 4.69) is 52.2 Å². The minimum absolute atomic E-state index is 0.139. The van der Waals surface area contributed by atoms with E-state index in [4.69, 9.17) is 0 Å². The predicted molar refractivity (Wildman–Crippen MR) is 115 cm³/mol. The molecular formula is C23H28FN5. The van der Waals surface area contributed by atoms with E-state index in [-0.39, 0.29) is 11.2 Å². The SMILES string of the molecule is CC1CN(c2cc(-c3n[nH]c4cc(F)c(CC5(C)CC5)cc34)ccn2)CC(C)N1. The molecule has 2 fully saturated rings. The van der Waals surface area contributed by atoms with Crippen molar-refractivity contribution in [3.63, 3.8) is 0 Å². The molecular weight excluding hydrogens is 365 g/mol. The molecule has 152 valence electrons. The Hall–Kier alpha value is -2.47. The van der Waals surface area contributed by atoms with E-state index in [0.29, 0.717) is 12.1 Å². The predicted octanol–water partition coefficient (Wildman–Crippen LogP) is 4.29. The van der Waals surface area contributed by atoms with Crippen LogP contribution < -0.4 is 10.2 Å². The molecule has 2 atom stereocenters. The Morgan fingerprint density at radius 2 is 1.93 bits per heavy atom. The molecule has 29 heavy (non-hydrogen) atoms. The number of nitrogens with one attached hydrogen (secondary N) is 2. The van der Waals surface area contributed by atoms with Gasteiger partial charge in [0.1, 0.15) is 17.3 Å². The summed E-state index contributed by atoms with van der Waals surface area (Å²) in [6.45, 7) is 8.48. The summed E-state index contributed by atoms with van der Waals surface area (Å²) in [6.07, 6.45) is 4.99. The molecule has 1 aromatic carbocycles. The lowest BCUT2D eigenvalue weighted by molar-refractivity contribution is 0.405. The molecule has 2 unspecified atom stereocenters. The Morgan fingerprint density at radius 1 is 1.17 bits per heavy atom. The maximum Gasteiger partial charge on any atom is 0.129 e. The zero-order valence-electron chi connectivity index (χ0n) is 17.3. The third-order valence-corrected chi connectivity index (χ3v) is 6.35. The fourth-order valence-electron chi connectivity index (χ4n) is 4.54. The highest BCUT2D eigenvalue weighted by Gasteiger charge is 2.37. The van der Waals surface area contributed by atoms with Crippen LogP contribution >= 0.6 is 0 Å². The van der Waals surface area contributed by atoms with Gasteiger partial charge in [-0.25, -0.2) is 9.37 Å². The Bertz CT molecular complexity index is 1040. The maximum absolute atomic E-state index is 14.6. The highest BCUT2D eigenvalue weighted by molar-refractivity contribution is 5.93. The van der Waals surface area contributed by atoms with Crippen molar-refractivity contribution < 1.29 is 4.39 Å². The third kappa shape index (κ3) is 3.62. The van der Waals surface area contributed by atoms with E-state index in [1.54, 1.807) is 6.07 Å². The molecule has 5 nitrogen and oxygen atoms in total. The zero-order chi connectivity index (χ0) is 20.2. The lowest BCUT2D eigenvalue weighted by atomic mass is 9.96. The number of halogens is 1. The summed E-state index contributed by atoms with van der Waals surface area (Å²) in [5, 5.41) is 12.1. The number of pyridine rings is 1. The summed E-state index contributed by atoms with van der Waals surface area (Å²) in [6, 6.07) is 8.51. The second kappa shape index (κ2) is 6.80. The van der Waals surface area contributed by atoms with Gasteiger partial charge in [-0.1, -0.05) is 6.92 Å². The molecule has 0 radical (unpaired) electrons. The van der Waals surface area contributed by atoms with E-state index >= 15 is 0 Å². The van der Waals surface area contributed by atoms with Gasteiger partial charge in [0, 0.05) is 42.3 Å². The number of rotatable bonds is 4. The fourth-order valence-corrected chi connectivity index (χ4v) is 4.54. The molecule has 5 rings (SSSR count). The van der Waals surface area contributed by atoms with Crippen molar-refractivity contribution in [2.24, 2.45) is 5.41 Å². The number of benzene rings is 1. The molecule has 0 spiro atoms. The van der Waals surface area contributed by atoms with Gasteiger partial charge in [-0.3, -0.25) is 5.10 Å². The smallest absolute Gasteiger partial charge is 0.129 e.